The third kappa shape index (κ3) is 6.50. The highest BCUT2D eigenvalue weighted by molar-refractivity contribution is 7.98. The zero-order chi connectivity index (χ0) is 27.4. The minimum absolute atomic E-state index is 0.119. The number of halogens is 2. The number of aromatic nitrogens is 4. The van der Waals surface area contributed by atoms with E-state index in [9.17, 15) is 14.4 Å². The fourth-order valence-electron chi connectivity index (χ4n) is 4.13. The van der Waals surface area contributed by atoms with Gasteiger partial charge in [0.05, 0.1) is 21.6 Å². The van der Waals surface area contributed by atoms with Gasteiger partial charge in [0.15, 0.2) is 5.16 Å². The summed E-state index contributed by atoms with van der Waals surface area (Å²) in [6.07, 6.45) is 2.22. The maximum atomic E-state index is 13.4. The molecule has 0 atom stereocenters. The van der Waals surface area contributed by atoms with Crippen LogP contribution in [0.2, 0.25) is 10.0 Å². The van der Waals surface area contributed by atoms with Crippen LogP contribution in [-0.2, 0) is 23.6 Å². The summed E-state index contributed by atoms with van der Waals surface area (Å²) in [6.45, 7) is 0.693. The Balaban J connectivity index is 1.31. The van der Waals surface area contributed by atoms with Crippen molar-refractivity contribution in [2.45, 2.75) is 36.8 Å². The Kier molecular flexibility index (Phi) is 8.30. The molecule has 5 aromatic rings. The molecule has 1 amide bonds. The van der Waals surface area contributed by atoms with E-state index >= 15 is 0 Å². The van der Waals surface area contributed by atoms with Crippen LogP contribution in [0.1, 0.15) is 24.1 Å². The van der Waals surface area contributed by atoms with Gasteiger partial charge in [-0.25, -0.2) is 9.97 Å². The van der Waals surface area contributed by atoms with Gasteiger partial charge in [0.25, 0.3) is 11.1 Å². The average molecular weight is 580 g/mol. The number of thioether (sulfide) groups is 1. The molecule has 5 rings (SSSR count). The Bertz CT molecular complexity index is 1800. The Hall–Kier alpha value is -3.66. The first-order valence-corrected chi connectivity index (χ1v) is 13.9. The van der Waals surface area contributed by atoms with Gasteiger partial charge in [0, 0.05) is 42.5 Å². The Morgan fingerprint density at radius 3 is 2.64 bits per heavy atom. The fourth-order valence-corrected chi connectivity index (χ4v) is 5.42. The molecule has 3 heterocycles. The van der Waals surface area contributed by atoms with E-state index in [4.69, 9.17) is 28.2 Å². The van der Waals surface area contributed by atoms with Gasteiger partial charge in [-0.05, 0) is 48.4 Å². The molecule has 0 spiro atoms. The molecule has 198 valence electrons. The number of rotatable bonds is 9. The van der Waals surface area contributed by atoms with Gasteiger partial charge < -0.3 is 5.32 Å². The number of nitrogens with zero attached hydrogens (tertiary/aromatic N) is 4. The maximum Gasteiger partial charge on any atom is 0.262 e. The van der Waals surface area contributed by atoms with E-state index in [0.29, 0.717) is 62.7 Å². The van der Waals surface area contributed by atoms with Crippen LogP contribution in [0.3, 0.4) is 0 Å². The topological polar surface area (TPSA) is 98.4 Å². The van der Waals surface area contributed by atoms with E-state index in [0.717, 1.165) is 5.56 Å². The highest BCUT2D eigenvalue weighted by Gasteiger charge is 2.14. The molecule has 0 aliphatic rings. The first kappa shape index (κ1) is 26.9. The summed E-state index contributed by atoms with van der Waals surface area (Å²) in [5.41, 5.74) is 2.11. The van der Waals surface area contributed by atoms with Crippen molar-refractivity contribution in [3.63, 3.8) is 0 Å². The number of carbonyl (C=O) groups is 1. The molecule has 0 aliphatic heterocycles. The number of fused-ring (bicyclic) bond motifs is 2. The highest BCUT2D eigenvalue weighted by atomic mass is 35.5. The number of pyridine rings is 1. The summed E-state index contributed by atoms with van der Waals surface area (Å²) in [4.78, 5) is 47.6. The number of hydrogen-bond acceptors (Lipinski definition) is 6. The molecule has 8 nitrogen and oxygen atoms in total. The van der Waals surface area contributed by atoms with Crippen molar-refractivity contribution in [3.8, 4) is 0 Å². The summed E-state index contributed by atoms with van der Waals surface area (Å²) in [5, 5.41) is 4.94. The molecule has 2 aromatic carbocycles. The van der Waals surface area contributed by atoms with Gasteiger partial charge in [0.2, 0.25) is 5.91 Å². The van der Waals surface area contributed by atoms with Crippen LogP contribution in [-0.4, -0.2) is 24.8 Å². The molecular weight excluding hydrogens is 557 g/mol. The van der Waals surface area contributed by atoms with Crippen LogP contribution < -0.4 is 16.4 Å². The smallest absolute Gasteiger partial charge is 0.262 e. The number of nitrogens with one attached hydrogen (secondary N) is 1. The zero-order valence-corrected chi connectivity index (χ0v) is 23.0. The quantitative estimate of drug-likeness (QED) is 0.193. The molecule has 0 aliphatic carbocycles. The van der Waals surface area contributed by atoms with E-state index in [2.05, 4.69) is 10.3 Å². The third-order valence-electron chi connectivity index (χ3n) is 6.02. The van der Waals surface area contributed by atoms with Crippen molar-refractivity contribution in [2.75, 3.05) is 0 Å². The van der Waals surface area contributed by atoms with E-state index < -0.39 is 0 Å². The lowest BCUT2D eigenvalue weighted by Gasteiger charge is -2.13. The van der Waals surface area contributed by atoms with Crippen LogP contribution >= 0.6 is 35.0 Å². The Morgan fingerprint density at radius 1 is 0.949 bits per heavy atom. The monoisotopic (exact) mass is 579 g/mol. The molecule has 0 bridgehead atoms. The van der Waals surface area contributed by atoms with Crippen molar-refractivity contribution in [2.24, 2.45) is 0 Å². The zero-order valence-electron chi connectivity index (χ0n) is 20.6. The summed E-state index contributed by atoms with van der Waals surface area (Å²) >= 11 is 13.3. The minimum atomic E-state index is -0.245. The predicted octanol–water partition coefficient (Wildman–Crippen LogP) is 5.10. The second kappa shape index (κ2) is 12.0. The number of hydrogen-bond donors (Lipinski definition) is 1. The first-order valence-electron chi connectivity index (χ1n) is 12.2. The number of benzene rings is 2. The van der Waals surface area contributed by atoms with E-state index in [1.165, 1.54) is 28.4 Å². The van der Waals surface area contributed by atoms with Gasteiger partial charge in [-0.15, -0.1) is 0 Å². The summed E-state index contributed by atoms with van der Waals surface area (Å²) in [5.74, 6) is 0.214. The third-order valence-corrected chi connectivity index (χ3v) is 7.49. The lowest BCUT2D eigenvalue weighted by atomic mass is 10.2. The van der Waals surface area contributed by atoms with Gasteiger partial charge in [0.1, 0.15) is 5.65 Å². The standard InChI is InChI=1S/C28H23Cl2N5O3S/c29-19-6-3-5-18(13-19)15-31-25(36)9-4-12-34-27(38)22-7-1-2-8-23(22)33-28(34)39-17-21-14-26(37)35-16-20(30)10-11-24(35)32-21/h1-3,5-8,10-11,13-14,16H,4,9,12,15,17H2,(H,31,36). The molecule has 0 fully saturated rings. The van der Waals surface area contributed by atoms with E-state index in [1.54, 1.807) is 47.0 Å². The molecule has 11 heteroatoms. The van der Waals surface area contributed by atoms with Crippen molar-refractivity contribution in [3.05, 3.63) is 115 Å². The lowest BCUT2D eigenvalue weighted by molar-refractivity contribution is -0.121. The van der Waals surface area contributed by atoms with Crippen LogP contribution in [0, 0.1) is 0 Å². The highest BCUT2D eigenvalue weighted by Crippen LogP contribution is 2.22. The van der Waals surface area contributed by atoms with Gasteiger partial charge in [-0.2, -0.15) is 0 Å². The second-order valence-electron chi connectivity index (χ2n) is 8.83. The number of amides is 1. The summed E-state index contributed by atoms with van der Waals surface area (Å²) in [6, 6.07) is 19.3. The number of para-hydroxylation sites is 1. The van der Waals surface area contributed by atoms with Gasteiger partial charge >= 0.3 is 0 Å². The molecule has 0 saturated carbocycles. The van der Waals surface area contributed by atoms with Crippen LogP contribution in [0.4, 0.5) is 0 Å². The molecular formula is C28H23Cl2N5O3S. The Labute approximate surface area is 237 Å². The predicted molar refractivity (Wildman–Crippen MR) is 155 cm³/mol. The van der Waals surface area contributed by atoms with Crippen LogP contribution in [0.25, 0.3) is 16.6 Å². The average Bonchev–Trinajstić information content (AvgIpc) is 2.92. The maximum absolute atomic E-state index is 13.4. The molecule has 39 heavy (non-hydrogen) atoms. The van der Waals surface area contributed by atoms with Crippen molar-refractivity contribution < 1.29 is 4.79 Å². The summed E-state index contributed by atoms with van der Waals surface area (Å²) < 4.78 is 2.98. The molecule has 0 saturated heterocycles. The normalized spacial score (nSPS) is 11.2. The van der Waals surface area contributed by atoms with Crippen molar-refractivity contribution in [1.82, 2.24) is 24.3 Å². The minimum Gasteiger partial charge on any atom is -0.352 e. The van der Waals surface area contributed by atoms with Crippen molar-refractivity contribution in [1.29, 1.82) is 0 Å². The van der Waals surface area contributed by atoms with E-state index in [-0.39, 0.29) is 23.4 Å². The lowest BCUT2D eigenvalue weighted by Crippen LogP contribution is -2.26. The van der Waals surface area contributed by atoms with Crippen LogP contribution in [0.15, 0.2) is 87.7 Å². The largest absolute Gasteiger partial charge is 0.352 e. The SMILES string of the molecule is O=C(CCCn1c(SCc2cc(=O)n3cc(Cl)ccc3n2)nc2ccccc2c1=O)NCc1cccc(Cl)c1. The van der Waals surface area contributed by atoms with Gasteiger partial charge in [-0.3, -0.25) is 23.4 Å². The first-order chi connectivity index (χ1) is 18.9. The van der Waals surface area contributed by atoms with Crippen molar-refractivity contribution >= 4 is 57.4 Å². The number of carbonyl (C=O) groups excluding carboxylic acids is 1. The molecule has 1 N–H and O–H groups in total. The fraction of sp³-hybridized carbons (Fsp3) is 0.179. The van der Waals surface area contributed by atoms with E-state index in [1.807, 2.05) is 18.2 Å². The molecule has 0 radical (unpaired) electrons. The summed E-state index contributed by atoms with van der Waals surface area (Å²) in [7, 11) is 0. The second-order valence-corrected chi connectivity index (χ2v) is 10.6. The van der Waals surface area contributed by atoms with Gasteiger partial charge in [-0.1, -0.05) is 59.2 Å². The Morgan fingerprint density at radius 2 is 1.79 bits per heavy atom. The molecule has 3 aromatic heterocycles. The van der Waals surface area contributed by atoms with Crippen LogP contribution in [0.5, 0.6) is 0 Å². The molecule has 0 unspecified atom stereocenters.